The molecule has 3 aromatic rings. The van der Waals surface area contributed by atoms with Crippen molar-refractivity contribution in [2.24, 2.45) is 0 Å². The third-order valence-electron chi connectivity index (χ3n) is 3.73. The van der Waals surface area contributed by atoms with Crippen LogP contribution in [0, 0.1) is 6.92 Å². The van der Waals surface area contributed by atoms with E-state index in [9.17, 15) is 8.78 Å². The normalized spacial score (nSPS) is 11.0. The number of hydrogen-bond acceptors (Lipinski definition) is 5. The lowest BCUT2D eigenvalue weighted by Gasteiger charge is -2.14. The SMILES string of the molecule is Cc1cccc(OC(F)F)c1COc1ccc(-n2ccc(CO)n2)nc1. The van der Waals surface area contributed by atoms with Gasteiger partial charge in [0.05, 0.1) is 18.5 Å². The van der Waals surface area contributed by atoms with E-state index < -0.39 is 6.61 Å². The molecule has 6 nitrogen and oxygen atoms in total. The first-order chi connectivity index (χ1) is 12.6. The van der Waals surface area contributed by atoms with E-state index in [-0.39, 0.29) is 19.0 Å². The fourth-order valence-corrected chi connectivity index (χ4v) is 2.39. The van der Waals surface area contributed by atoms with Gasteiger partial charge in [-0.3, -0.25) is 0 Å². The van der Waals surface area contributed by atoms with Gasteiger partial charge in [0.1, 0.15) is 18.1 Å². The lowest BCUT2D eigenvalue weighted by Crippen LogP contribution is -2.07. The predicted octanol–water partition coefficient (Wildman–Crippen LogP) is 3.25. The summed E-state index contributed by atoms with van der Waals surface area (Å²) in [5.74, 6) is 1.14. The molecule has 3 rings (SSSR count). The molecule has 0 radical (unpaired) electrons. The Bertz CT molecular complexity index is 866. The maximum Gasteiger partial charge on any atom is 0.387 e. The van der Waals surface area contributed by atoms with Crippen LogP contribution in [0.1, 0.15) is 16.8 Å². The number of aryl methyl sites for hydroxylation is 1. The monoisotopic (exact) mass is 361 g/mol. The van der Waals surface area contributed by atoms with E-state index in [1.165, 1.54) is 16.9 Å². The summed E-state index contributed by atoms with van der Waals surface area (Å²) in [6.07, 6.45) is 3.21. The minimum absolute atomic E-state index is 0.0756. The number of aromatic nitrogens is 3. The summed E-state index contributed by atoms with van der Waals surface area (Å²) >= 11 is 0. The second kappa shape index (κ2) is 7.92. The highest BCUT2D eigenvalue weighted by atomic mass is 19.3. The fourth-order valence-electron chi connectivity index (χ4n) is 2.39. The van der Waals surface area contributed by atoms with Gasteiger partial charge >= 0.3 is 6.61 Å². The van der Waals surface area contributed by atoms with Crippen molar-refractivity contribution in [2.45, 2.75) is 26.7 Å². The molecule has 0 spiro atoms. The van der Waals surface area contributed by atoms with E-state index in [2.05, 4.69) is 14.8 Å². The van der Waals surface area contributed by atoms with Crippen molar-refractivity contribution in [1.29, 1.82) is 0 Å². The number of nitrogens with zero attached hydrogens (tertiary/aromatic N) is 3. The van der Waals surface area contributed by atoms with Gasteiger partial charge in [-0.15, -0.1) is 0 Å². The maximum absolute atomic E-state index is 12.5. The molecule has 0 saturated carbocycles. The number of hydrogen-bond donors (Lipinski definition) is 1. The van der Waals surface area contributed by atoms with Crippen molar-refractivity contribution in [3.8, 4) is 17.3 Å². The minimum atomic E-state index is -2.89. The zero-order valence-electron chi connectivity index (χ0n) is 14.0. The van der Waals surface area contributed by atoms with Crippen molar-refractivity contribution >= 4 is 0 Å². The van der Waals surface area contributed by atoms with Gasteiger partial charge in [-0.2, -0.15) is 13.9 Å². The molecule has 0 unspecified atom stereocenters. The molecule has 0 fully saturated rings. The number of aliphatic hydroxyl groups is 1. The van der Waals surface area contributed by atoms with Crippen LogP contribution in [0.2, 0.25) is 0 Å². The van der Waals surface area contributed by atoms with Gasteiger partial charge in [0, 0.05) is 11.8 Å². The van der Waals surface area contributed by atoms with Crippen LogP contribution in [0.5, 0.6) is 11.5 Å². The molecule has 0 atom stereocenters. The first-order valence-corrected chi connectivity index (χ1v) is 7.84. The summed E-state index contributed by atoms with van der Waals surface area (Å²) in [6.45, 7) is -1.16. The molecule has 8 heteroatoms. The van der Waals surface area contributed by atoms with Crippen LogP contribution in [0.25, 0.3) is 5.82 Å². The van der Waals surface area contributed by atoms with Crippen molar-refractivity contribution in [3.05, 3.63) is 65.6 Å². The van der Waals surface area contributed by atoms with Crippen molar-refractivity contribution in [2.75, 3.05) is 0 Å². The van der Waals surface area contributed by atoms with Crippen LogP contribution < -0.4 is 9.47 Å². The van der Waals surface area contributed by atoms with E-state index in [1.54, 1.807) is 43.5 Å². The van der Waals surface area contributed by atoms with Gasteiger partial charge in [-0.25, -0.2) is 9.67 Å². The van der Waals surface area contributed by atoms with E-state index in [0.29, 0.717) is 22.8 Å². The molecule has 1 aromatic carbocycles. The third kappa shape index (κ3) is 4.15. The highest BCUT2D eigenvalue weighted by molar-refractivity contribution is 5.39. The van der Waals surface area contributed by atoms with Crippen molar-refractivity contribution in [1.82, 2.24) is 14.8 Å². The highest BCUT2D eigenvalue weighted by Crippen LogP contribution is 2.25. The van der Waals surface area contributed by atoms with Crippen LogP contribution in [-0.4, -0.2) is 26.5 Å². The number of alkyl halides is 2. The first-order valence-electron chi connectivity index (χ1n) is 7.84. The Hall–Kier alpha value is -3.00. The molecule has 0 amide bonds. The molecule has 2 aromatic heterocycles. The highest BCUT2D eigenvalue weighted by Gasteiger charge is 2.12. The molecule has 0 aliphatic heterocycles. The summed E-state index contributed by atoms with van der Waals surface area (Å²) in [5, 5.41) is 13.2. The predicted molar refractivity (Wildman–Crippen MR) is 89.4 cm³/mol. The van der Waals surface area contributed by atoms with Gasteiger partial charge in [0.25, 0.3) is 0 Å². The molecule has 0 aliphatic carbocycles. The molecule has 0 saturated heterocycles. The molecule has 1 N–H and O–H groups in total. The zero-order valence-corrected chi connectivity index (χ0v) is 14.0. The van der Waals surface area contributed by atoms with Crippen LogP contribution >= 0.6 is 0 Å². The average Bonchev–Trinajstić information content (AvgIpc) is 3.10. The Balaban J connectivity index is 1.71. The molecule has 2 heterocycles. The fraction of sp³-hybridized carbons (Fsp3) is 0.222. The van der Waals surface area contributed by atoms with Crippen LogP contribution in [0.3, 0.4) is 0 Å². The number of benzene rings is 1. The summed E-state index contributed by atoms with van der Waals surface area (Å²) in [7, 11) is 0. The van der Waals surface area contributed by atoms with Gasteiger partial charge in [0.15, 0.2) is 5.82 Å². The molecule has 0 aliphatic rings. The summed E-state index contributed by atoms with van der Waals surface area (Å²) in [4.78, 5) is 4.24. The molecule has 26 heavy (non-hydrogen) atoms. The average molecular weight is 361 g/mol. The Kier molecular flexibility index (Phi) is 5.43. The Morgan fingerprint density at radius 3 is 2.69 bits per heavy atom. The second-order valence-electron chi connectivity index (χ2n) is 5.48. The van der Waals surface area contributed by atoms with E-state index >= 15 is 0 Å². The van der Waals surface area contributed by atoms with Crippen LogP contribution in [0.15, 0.2) is 48.8 Å². The summed E-state index contributed by atoms with van der Waals surface area (Å²) < 4.78 is 36.8. The standard InChI is InChI=1S/C18H17F2N3O3/c1-12-3-2-4-16(26-18(19)20)15(12)11-25-14-5-6-17(21-9-14)23-8-7-13(10-24)22-23/h2-9,18,24H,10-11H2,1H3. The van der Waals surface area contributed by atoms with Crippen molar-refractivity contribution < 1.29 is 23.4 Å². The lowest BCUT2D eigenvalue weighted by atomic mass is 10.1. The summed E-state index contributed by atoms with van der Waals surface area (Å²) in [6, 6.07) is 10.0. The maximum atomic E-state index is 12.5. The third-order valence-corrected chi connectivity index (χ3v) is 3.73. The first kappa shape index (κ1) is 17.8. The quantitative estimate of drug-likeness (QED) is 0.700. The van der Waals surface area contributed by atoms with Gasteiger partial charge < -0.3 is 14.6 Å². The van der Waals surface area contributed by atoms with Crippen molar-refractivity contribution in [3.63, 3.8) is 0 Å². The second-order valence-corrected chi connectivity index (χ2v) is 5.48. The zero-order chi connectivity index (χ0) is 18.5. The summed E-state index contributed by atoms with van der Waals surface area (Å²) in [5.41, 5.74) is 1.88. The smallest absolute Gasteiger partial charge is 0.387 e. The number of ether oxygens (including phenoxy) is 2. The lowest BCUT2D eigenvalue weighted by molar-refractivity contribution is -0.0508. The molecular weight excluding hydrogens is 344 g/mol. The molecule has 0 bridgehead atoms. The van der Waals surface area contributed by atoms with Crippen LogP contribution in [0.4, 0.5) is 8.78 Å². The van der Waals surface area contributed by atoms with Gasteiger partial charge in [0.2, 0.25) is 0 Å². The Morgan fingerprint density at radius 1 is 1.19 bits per heavy atom. The van der Waals surface area contributed by atoms with Gasteiger partial charge in [-0.05, 0) is 36.8 Å². The molecule has 136 valence electrons. The van der Waals surface area contributed by atoms with Crippen LogP contribution in [-0.2, 0) is 13.2 Å². The molecular formula is C18H17F2N3O3. The number of rotatable bonds is 7. The number of aliphatic hydroxyl groups excluding tert-OH is 1. The Morgan fingerprint density at radius 2 is 2.04 bits per heavy atom. The van der Waals surface area contributed by atoms with E-state index in [0.717, 1.165) is 5.56 Å². The van der Waals surface area contributed by atoms with E-state index in [1.807, 2.05) is 0 Å². The van der Waals surface area contributed by atoms with E-state index in [4.69, 9.17) is 9.84 Å². The minimum Gasteiger partial charge on any atom is -0.487 e. The van der Waals surface area contributed by atoms with Gasteiger partial charge in [-0.1, -0.05) is 12.1 Å². The Labute approximate surface area is 148 Å². The topological polar surface area (TPSA) is 69.4 Å². The number of pyridine rings is 1. The number of halogens is 2. The largest absolute Gasteiger partial charge is 0.487 e.